The lowest BCUT2D eigenvalue weighted by Gasteiger charge is -2.19. The van der Waals surface area contributed by atoms with Crippen molar-refractivity contribution in [2.75, 3.05) is 12.9 Å². The Morgan fingerprint density at radius 2 is 2.33 bits per heavy atom. The van der Waals surface area contributed by atoms with E-state index >= 15 is 0 Å². The van der Waals surface area contributed by atoms with Gasteiger partial charge in [0.05, 0.1) is 7.11 Å². The first-order chi connectivity index (χ1) is 8.70. The van der Waals surface area contributed by atoms with Crippen LogP contribution in [-0.4, -0.2) is 18.0 Å². The van der Waals surface area contributed by atoms with E-state index in [1.54, 1.807) is 7.11 Å². The number of hydrogen-bond donors (Lipinski definition) is 2. The van der Waals surface area contributed by atoms with Crippen LogP contribution in [0.1, 0.15) is 24.0 Å². The quantitative estimate of drug-likeness (QED) is 0.637. The van der Waals surface area contributed by atoms with Crippen molar-refractivity contribution in [3.63, 3.8) is 0 Å². The fourth-order valence-electron chi connectivity index (χ4n) is 2.27. The summed E-state index contributed by atoms with van der Waals surface area (Å²) in [6.07, 6.45) is 5.68. The highest BCUT2D eigenvalue weighted by atomic mass is 32.2. The molecule has 1 aliphatic rings. The molecule has 0 radical (unpaired) electrons. The Morgan fingerprint density at radius 3 is 3.06 bits per heavy atom. The number of fused-ring (bicyclic) bond motifs is 1. The van der Waals surface area contributed by atoms with Gasteiger partial charge in [0.1, 0.15) is 5.75 Å². The van der Waals surface area contributed by atoms with E-state index in [1.807, 2.05) is 6.07 Å². The number of aryl methyl sites for hydroxylation is 1. The molecule has 0 amide bonds. The Hall–Kier alpha value is -1.42. The predicted octanol–water partition coefficient (Wildman–Crippen LogP) is 1.22. The van der Waals surface area contributed by atoms with Crippen LogP contribution in [0, 0.1) is 0 Å². The first-order valence-corrected chi connectivity index (χ1v) is 7.06. The van der Waals surface area contributed by atoms with Crippen LogP contribution in [0.25, 0.3) is 5.57 Å². The molecular formula is C14H19N2OS+. The van der Waals surface area contributed by atoms with Crippen LogP contribution in [0.5, 0.6) is 5.75 Å². The summed E-state index contributed by atoms with van der Waals surface area (Å²) >= 11 is 1.48. The molecule has 1 aromatic carbocycles. The second-order valence-electron chi connectivity index (χ2n) is 4.32. The molecule has 4 heteroatoms. The molecule has 0 saturated heterocycles. The normalized spacial score (nSPS) is 16.4. The summed E-state index contributed by atoms with van der Waals surface area (Å²) in [6, 6.07) is 6.31. The van der Waals surface area contributed by atoms with E-state index in [2.05, 4.69) is 18.2 Å². The highest BCUT2D eigenvalue weighted by molar-refractivity contribution is 8.13. The standard InChI is InChI=1S/C14H18N2OS/c1-17-12-5-6-13-10(7-8-18-14(15)16)3-2-4-11(13)9-12/h5-7,9H,2-4,8H2,1H3,(H3,15,16)/p+1/b10-7+. The Bertz CT molecular complexity index is 483. The fourth-order valence-corrected chi connectivity index (χ4v) is 2.75. The van der Waals surface area contributed by atoms with Gasteiger partial charge in [-0.1, -0.05) is 12.1 Å². The zero-order valence-corrected chi connectivity index (χ0v) is 11.4. The highest BCUT2D eigenvalue weighted by Gasteiger charge is 2.14. The van der Waals surface area contributed by atoms with E-state index in [0.29, 0.717) is 5.17 Å². The van der Waals surface area contributed by atoms with Crippen LogP contribution in [0.15, 0.2) is 24.3 Å². The number of ether oxygens (including phenoxy) is 1. The summed E-state index contributed by atoms with van der Waals surface area (Å²) in [5.74, 6) is 1.77. The maximum atomic E-state index is 5.45. The van der Waals surface area contributed by atoms with Crippen LogP contribution in [-0.2, 0) is 6.42 Å². The van der Waals surface area contributed by atoms with E-state index in [9.17, 15) is 0 Å². The number of amidine groups is 1. The first-order valence-electron chi connectivity index (χ1n) is 6.07. The second kappa shape index (κ2) is 5.96. The summed E-state index contributed by atoms with van der Waals surface area (Å²) in [5.41, 5.74) is 9.57. The minimum atomic E-state index is 0.428. The number of rotatable bonds is 3. The molecule has 1 aromatic rings. The fraction of sp³-hybridized carbons (Fsp3) is 0.357. The van der Waals surface area contributed by atoms with E-state index in [0.717, 1.165) is 24.3 Å². The molecule has 0 heterocycles. The van der Waals surface area contributed by atoms with Gasteiger partial charge in [-0.15, -0.1) is 0 Å². The lowest BCUT2D eigenvalue weighted by atomic mass is 9.87. The number of nitrogens with two attached hydrogens (primary N) is 2. The number of hydrogen-bond acceptors (Lipinski definition) is 2. The highest BCUT2D eigenvalue weighted by Crippen LogP contribution is 2.33. The maximum absolute atomic E-state index is 5.45. The molecule has 2 rings (SSSR count). The number of methoxy groups -OCH3 is 1. The Labute approximate surface area is 112 Å². The van der Waals surface area contributed by atoms with Crippen molar-refractivity contribution in [3.05, 3.63) is 35.4 Å². The van der Waals surface area contributed by atoms with Crippen molar-refractivity contribution >= 4 is 22.5 Å². The van der Waals surface area contributed by atoms with E-state index in [-0.39, 0.29) is 0 Å². The Morgan fingerprint density at radius 1 is 1.50 bits per heavy atom. The molecular weight excluding hydrogens is 244 g/mol. The van der Waals surface area contributed by atoms with Crippen molar-refractivity contribution < 1.29 is 10.1 Å². The maximum Gasteiger partial charge on any atom is 0.300 e. The molecule has 0 saturated carbocycles. The molecule has 0 atom stereocenters. The molecule has 4 N–H and O–H groups in total. The Kier molecular flexibility index (Phi) is 4.31. The molecule has 1 aliphatic carbocycles. The summed E-state index contributed by atoms with van der Waals surface area (Å²) in [6.45, 7) is 0. The molecule has 0 spiro atoms. The van der Waals surface area contributed by atoms with Gasteiger partial charge in [0, 0.05) is 5.75 Å². The molecule has 18 heavy (non-hydrogen) atoms. The zero-order valence-electron chi connectivity index (χ0n) is 10.6. The van der Waals surface area contributed by atoms with E-state index in [4.69, 9.17) is 15.9 Å². The third kappa shape index (κ3) is 3.07. The average Bonchev–Trinajstić information content (AvgIpc) is 2.38. The van der Waals surface area contributed by atoms with Crippen molar-refractivity contribution in [3.8, 4) is 5.75 Å². The van der Waals surface area contributed by atoms with E-state index in [1.165, 1.54) is 34.9 Å². The Balaban J connectivity index is 2.19. The van der Waals surface area contributed by atoms with Crippen LogP contribution >= 0.6 is 11.8 Å². The summed E-state index contributed by atoms with van der Waals surface area (Å²) in [5, 5.41) is 5.88. The van der Waals surface area contributed by atoms with Gasteiger partial charge in [-0.25, -0.2) is 0 Å². The zero-order chi connectivity index (χ0) is 13.0. The van der Waals surface area contributed by atoms with Gasteiger partial charge in [0.15, 0.2) is 0 Å². The van der Waals surface area contributed by atoms with Gasteiger partial charge >= 0.3 is 0 Å². The molecule has 96 valence electrons. The van der Waals surface area contributed by atoms with Crippen molar-refractivity contribution in [1.82, 2.24) is 0 Å². The molecule has 0 aromatic heterocycles. The molecule has 0 unspecified atom stereocenters. The van der Waals surface area contributed by atoms with Crippen molar-refractivity contribution in [2.45, 2.75) is 19.3 Å². The van der Waals surface area contributed by atoms with Gasteiger partial charge in [0.2, 0.25) is 0 Å². The minimum Gasteiger partial charge on any atom is -0.497 e. The smallest absolute Gasteiger partial charge is 0.300 e. The summed E-state index contributed by atoms with van der Waals surface area (Å²) in [4.78, 5) is 0. The largest absolute Gasteiger partial charge is 0.497 e. The van der Waals surface area contributed by atoms with Gasteiger partial charge in [-0.2, -0.15) is 0 Å². The van der Waals surface area contributed by atoms with E-state index < -0.39 is 0 Å². The van der Waals surface area contributed by atoms with Crippen molar-refractivity contribution in [2.24, 2.45) is 5.73 Å². The lowest BCUT2D eigenvalue weighted by Crippen LogP contribution is -2.43. The van der Waals surface area contributed by atoms with Gasteiger partial charge in [-0.05, 0) is 59.9 Å². The first kappa shape index (κ1) is 13.0. The number of allylic oxidation sites excluding steroid dienone is 1. The van der Waals surface area contributed by atoms with Gasteiger partial charge < -0.3 is 4.74 Å². The number of benzene rings is 1. The minimum absolute atomic E-state index is 0.428. The molecule has 0 fully saturated rings. The summed E-state index contributed by atoms with van der Waals surface area (Å²) < 4.78 is 5.27. The van der Waals surface area contributed by atoms with Crippen LogP contribution in [0.4, 0.5) is 0 Å². The third-order valence-electron chi connectivity index (χ3n) is 3.13. The van der Waals surface area contributed by atoms with Gasteiger partial charge in [0.25, 0.3) is 5.17 Å². The van der Waals surface area contributed by atoms with Crippen LogP contribution in [0.3, 0.4) is 0 Å². The average molecular weight is 263 g/mol. The van der Waals surface area contributed by atoms with Crippen LogP contribution < -0.4 is 15.9 Å². The lowest BCUT2D eigenvalue weighted by molar-refractivity contribution is -0.110. The predicted molar refractivity (Wildman–Crippen MR) is 77.5 cm³/mol. The second-order valence-corrected chi connectivity index (χ2v) is 5.41. The van der Waals surface area contributed by atoms with Crippen molar-refractivity contribution in [1.29, 1.82) is 0 Å². The number of thioether (sulfide) groups is 1. The van der Waals surface area contributed by atoms with Gasteiger partial charge in [-0.3, -0.25) is 11.1 Å². The molecule has 0 bridgehead atoms. The topological polar surface area (TPSA) is 60.8 Å². The van der Waals surface area contributed by atoms with Crippen LogP contribution in [0.2, 0.25) is 0 Å². The molecule has 3 nitrogen and oxygen atoms in total. The monoisotopic (exact) mass is 263 g/mol. The molecule has 0 aliphatic heterocycles. The summed E-state index contributed by atoms with van der Waals surface area (Å²) in [7, 11) is 1.71. The SMILES string of the molecule is COc1ccc2c(c1)CCC/C2=C\CSC(N)=[NH2+]. The third-order valence-corrected chi connectivity index (χ3v) is 3.80.